The lowest BCUT2D eigenvalue weighted by atomic mass is 10.1. The maximum Gasteiger partial charge on any atom is 0.0705 e. The number of hydrogen-bond acceptors (Lipinski definition) is 3. The number of nitrogens with zero attached hydrogens (tertiary/aromatic N) is 2. The van der Waals surface area contributed by atoms with Crippen molar-refractivity contribution in [3.63, 3.8) is 0 Å². The van der Waals surface area contributed by atoms with Gasteiger partial charge in [-0.1, -0.05) is 24.3 Å². The van der Waals surface area contributed by atoms with E-state index in [0.29, 0.717) is 0 Å². The summed E-state index contributed by atoms with van der Waals surface area (Å²) in [6.07, 6.45) is 4.22. The summed E-state index contributed by atoms with van der Waals surface area (Å²) in [5.41, 5.74) is 2.24. The van der Waals surface area contributed by atoms with Gasteiger partial charge in [-0.2, -0.15) is 0 Å². The Labute approximate surface area is 126 Å². The van der Waals surface area contributed by atoms with E-state index >= 15 is 0 Å². The average molecular weight is 281 g/mol. The lowest BCUT2D eigenvalue weighted by Gasteiger charge is -2.15. The van der Waals surface area contributed by atoms with E-state index in [-0.39, 0.29) is 0 Å². The molecule has 1 atom stereocenters. The van der Waals surface area contributed by atoms with E-state index in [0.717, 1.165) is 36.3 Å². The Morgan fingerprint density at radius 3 is 2.90 bits per heavy atom. The molecule has 2 aromatic rings. The molecule has 0 radical (unpaired) electrons. The maximum absolute atomic E-state index is 4.72. The van der Waals surface area contributed by atoms with E-state index in [4.69, 9.17) is 4.98 Å². The summed E-state index contributed by atoms with van der Waals surface area (Å²) in [6, 6.07) is 13.6. The van der Waals surface area contributed by atoms with Crippen molar-refractivity contribution in [1.29, 1.82) is 0 Å². The van der Waals surface area contributed by atoms with Crippen molar-refractivity contribution >= 4 is 10.9 Å². The average Bonchev–Trinajstić information content (AvgIpc) is 3.27. The van der Waals surface area contributed by atoms with Gasteiger partial charge in [-0.05, 0) is 50.4 Å². The fourth-order valence-corrected chi connectivity index (χ4v) is 3.41. The normalized spacial score (nSPS) is 23.0. The van der Waals surface area contributed by atoms with Crippen LogP contribution >= 0.6 is 0 Å². The van der Waals surface area contributed by atoms with E-state index in [1.165, 1.54) is 37.7 Å². The third-order valence-corrected chi connectivity index (χ3v) is 4.78. The van der Waals surface area contributed by atoms with Gasteiger partial charge in [0.1, 0.15) is 0 Å². The Hall–Kier alpha value is -1.45. The largest absolute Gasteiger partial charge is 0.311 e. The zero-order valence-electron chi connectivity index (χ0n) is 12.5. The molecule has 3 nitrogen and oxygen atoms in total. The molecule has 1 N–H and O–H groups in total. The molecule has 2 aliphatic rings. The maximum atomic E-state index is 4.72. The van der Waals surface area contributed by atoms with E-state index in [9.17, 15) is 0 Å². The molecule has 1 saturated heterocycles. The number of aromatic nitrogens is 1. The summed E-state index contributed by atoms with van der Waals surface area (Å²) < 4.78 is 0. The Morgan fingerprint density at radius 1 is 1.10 bits per heavy atom. The van der Waals surface area contributed by atoms with Crippen LogP contribution in [0.5, 0.6) is 0 Å². The first-order chi connectivity index (χ1) is 10.4. The molecule has 1 saturated carbocycles. The molecule has 0 bridgehead atoms. The molecular weight excluding hydrogens is 258 g/mol. The summed E-state index contributed by atoms with van der Waals surface area (Å²) in [5.74, 6) is 0.825. The van der Waals surface area contributed by atoms with Crippen LogP contribution in [0.15, 0.2) is 36.4 Å². The minimum absolute atomic E-state index is 0.825. The molecule has 1 aliphatic carbocycles. The van der Waals surface area contributed by atoms with E-state index in [2.05, 4.69) is 46.6 Å². The highest BCUT2D eigenvalue weighted by Crippen LogP contribution is 2.31. The van der Waals surface area contributed by atoms with Crippen LogP contribution in [0.2, 0.25) is 0 Å². The summed E-state index contributed by atoms with van der Waals surface area (Å²) in [4.78, 5) is 7.40. The molecule has 2 heterocycles. The van der Waals surface area contributed by atoms with E-state index in [1.807, 2.05) is 0 Å². The summed E-state index contributed by atoms with van der Waals surface area (Å²) in [5, 5.41) is 4.82. The van der Waals surface area contributed by atoms with Crippen LogP contribution < -0.4 is 5.32 Å². The van der Waals surface area contributed by atoms with E-state index < -0.39 is 0 Å². The van der Waals surface area contributed by atoms with Crippen LogP contribution in [0, 0.1) is 5.92 Å². The fourth-order valence-electron chi connectivity index (χ4n) is 3.41. The van der Waals surface area contributed by atoms with Gasteiger partial charge in [0, 0.05) is 24.5 Å². The quantitative estimate of drug-likeness (QED) is 0.913. The molecule has 0 amide bonds. The number of fused-ring (bicyclic) bond motifs is 1. The van der Waals surface area contributed by atoms with Crippen LogP contribution in [-0.2, 0) is 6.54 Å². The molecule has 1 aliphatic heterocycles. The summed E-state index contributed by atoms with van der Waals surface area (Å²) in [6.45, 7) is 4.61. The Balaban J connectivity index is 1.29. The second kappa shape index (κ2) is 5.74. The number of likely N-dealkylation sites (tertiary alicyclic amines) is 1. The SMILES string of the molecule is c1ccc2nc(CNCC3CCN(C4CC4)C3)ccc2c1. The predicted octanol–water partition coefficient (Wildman–Crippen LogP) is 2.81. The minimum Gasteiger partial charge on any atom is -0.311 e. The molecule has 1 aromatic heterocycles. The van der Waals surface area contributed by atoms with Gasteiger partial charge >= 0.3 is 0 Å². The summed E-state index contributed by atoms with van der Waals surface area (Å²) >= 11 is 0. The molecule has 21 heavy (non-hydrogen) atoms. The second-order valence-electron chi connectivity index (χ2n) is 6.51. The molecule has 1 aromatic carbocycles. The molecule has 0 spiro atoms. The molecule has 4 rings (SSSR count). The van der Waals surface area contributed by atoms with Gasteiger partial charge in [0.05, 0.1) is 11.2 Å². The Morgan fingerprint density at radius 2 is 2.00 bits per heavy atom. The first kappa shape index (κ1) is 13.2. The van der Waals surface area contributed by atoms with Gasteiger partial charge in [0.15, 0.2) is 0 Å². The van der Waals surface area contributed by atoms with Crippen molar-refractivity contribution < 1.29 is 0 Å². The highest BCUT2D eigenvalue weighted by atomic mass is 15.2. The van der Waals surface area contributed by atoms with Gasteiger partial charge in [-0.25, -0.2) is 0 Å². The Bertz CT molecular complexity index is 621. The molecule has 2 fully saturated rings. The number of benzene rings is 1. The second-order valence-corrected chi connectivity index (χ2v) is 6.51. The number of nitrogens with one attached hydrogen (secondary N) is 1. The van der Waals surface area contributed by atoms with Gasteiger partial charge in [0.25, 0.3) is 0 Å². The van der Waals surface area contributed by atoms with Gasteiger partial charge in [-0.3, -0.25) is 4.98 Å². The Kier molecular flexibility index (Phi) is 3.62. The molecule has 110 valence electrons. The van der Waals surface area contributed by atoms with Crippen molar-refractivity contribution in [2.24, 2.45) is 5.92 Å². The highest BCUT2D eigenvalue weighted by Gasteiger charge is 2.33. The number of pyridine rings is 1. The number of para-hydroxylation sites is 1. The van der Waals surface area contributed by atoms with Gasteiger partial charge in [0.2, 0.25) is 0 Å². The zero-order chi connectivity index (χ0) is 14.1. The first-order valence-electron chi connectivity index (χ1n) is 8.18. The molecular formula is C18H23N3. The van der Waals surface area contributed by atoms with Crippen LogP contribution in [-0.4, -0.2) is 35.6 Å². The smallest absolute Gasteiger partial charge is 0.0705 e. The summed E-state index contributed by atoms with van der Waals surface area (Å²) in [7, 11) is 0. The number of hydrogen-bond donors (Lipinski definition) is 1. The first-order valence-corrected chi connectivity index (χ1v) is 8.18. The molecule has 1 unspecified atom stereocenters. The third-order valence-electron chi connectivity index (χ3n) is 4.78. The van der Waals surface area contributed by atoms with Crippen LogP contribution in [0.3, 0.4) is 0 Å². The highest BCUT2D eigenvalue weighted by molar-refractivity contribution is 5.78. The monoisotopic (exact) mass is 281 g/mol. The lowest BCUT2D eigenvalue weighted by Crippen LogP contribution is -2.27. The zero-order valence-corrected chi connectivity index (χ0v) is 12.5. The molecule has 3 heteroatoms. The third kappa shape index (κ3) is 3.09. The fraction of sp³-hybridized carbons (Fsp3) is 0.500. The van der Waals surface area contributed by atoms with E-state index in [1.54, 1.807) is 0 Å². The van der Waals surface area contributed by atoms with Crippen molar-refractivity contribution in [3.8, 4) is 0 Å². The van der Waals surface area contributed by atoms with Crippen LogP contribution in [0.4, 0.5) is 0 Å². The standard InChI is InChI=1S/C18H23N3/c1-2-4-18-15(3-1)5-6-16(20-18)12-19-11-14-9-10-21(13-14)17-7-8-17/h1-6,14,17,19H,7-13H2. The van der Waals surface area contributed by atoms with Crippen LogP contribution in [0.25, 0.3) is 10.9 Å². The number of rotatable bonds is 5. The predicted molar refractivity (Wildman–Crippen MR) is 86.2 cm³/mol. The van der Waals surface area contributed by atoms with Gasteiger partial charge in [-0.15, -0.1) is 0 Å². The van der Waals surface area contributed by atoms with Crippen LogP contribution in [0.1, 0.15) is 25.0 Å². The van der Waals surface area contributed by atoms with Crippen molar-refractivity contribution in [1.82, 2.24) is 15.2 Å². The minimum atomic E-state index is 0.825. The van der Waals surface area contributed by atoms with Crippen molar-refractivity contribution in [3.05, 3.63) is 42.1 Å². The topological polar surface area (TPSA) is 28.2 Å². The van der Waals surface area contributed by atoms with Gasteiger partial charge < -0.3 is 10.2 Å². The lowest BCUT2D eigenvalue weighted by molar-refractivity contribution is 0.311. The van der Waals surface area contributed by atoms with Crippen molar-refractivity contribution in [2.45, 2.75) is 31.8 Å². The van der Waals surface area contributed by atoms with Crippen molar-refractivity contribution in [2.75, 3.05) is 19.6 Å².